The average molecular weight is 186 g/mol. The van der Waals surface area contributed by atoms with Crippen LogP contribution >= 0.6 is 0 Å². The van der Waals surface area contributed by atoms with E-state index in [0.717, 1.165) is 19.5 Å². The monoisotopic (exact) mass is 186 g/mol. The molecule has 3 heteroatoms. The van der Waals surface area contributed by atoms with E-state index in [0.29, 0.717) is 0 Å². The number of rotatable bonds is 4. The van der Waals surface area contributed by atoms with E-state index in [4.69, 9.17) is 4.74 Å². The first kappa shape index (κ1) is 11.0. The molecule has 0 aliphatic carbocycles. The SMILES string of the molecule is CNCCC1(OC)CCCN(C)C1. The minimum absolute atomic E-state index is 0.107. The summed E-state index contributed by atoms with van der Waals surface area (Å²) in [6.07, 6.45) is 3.58. The fourth-order valence-electron chi connectivity index (χ4n) is 2.15. The molecule has 1 aliphatic heterocycles. The van der Waals surface area contributed by atoms with E-state index in [-0.39, 0.29) is 5.60 Å². The van der Waals surface area contributed by atoms with E-state index in [1.165, 1.54) is 19.4 Å². The third-order valence-electron chi connectivity index (χ3n) is 2.99. The first-order valence-corrected chi connectivity index (χ1v) is 5.11. The van der Waals surface area contributed by atoms with Gasteiger partial charge in [0.25, 0.3) is 0 Å². The number of piperidine rings is 1. The second kappa shape index (κ2) is 4.94. The van der Waals surface area contributed by atoms with Gasteiger partial charge in [-0.25, -0.2) is 0 Å². The molecule has 3 nitrogen and oxygen atoms in total. The third-order valence-corrected chi connectivity index (χ3v) is 2.99. The molecule has 0 radical (unpaired) electrons. The van der Waals surface area contributed by atoms with Crippen LogP contribution in [0.1, 0.15) is 19.3 Å². The molecule has 0 bridgehead atoms. The molecule has 1 heterocycles. The highest BCUT2D eigenvalue weighted by Crippen LogP contribution is 2.26. The van der Waals surface area contributed by atoms with Gasteiger partial charge in [-0.3, -0.25) is 0 Å². The maximum atomic E-state index is 5.67. The van der Waals surface area contributed by atoms with Gasteiger partial charge in [-0.2, -0.15) is 0 Å². The van der Waals surface area contributed by atoms with E-state index in [2.05, 4.69) is 17.3 Å². The number of hydrogen-bond donors (Lipinski definition) is 1. The molecule has 1 unspecified atom stereocenters. The highest BCUT2D eigenvalue weighted by Gasteiger charge is 2.33. The van der Waals surface area contributed by atoms with Crippen molar-refractivity contribution >= 4 is 0 Å². The second-order valence-corrected chi connectivity index (χ2v) is 4.08. The predicted molar refractivity (Wildman–Crippen MR) is 55.0 cm³/mol. The highest BCUT2D eigenvalue weighted by atomic mass is 16.5. The summed E-state index contributed by atoms with van der Waals surface area (Å²) in [5, 5.41) is 3.19. The zero-order valence-electron chi connectivity index (χ0n) is 9.10. The zero-order chi connectivity index (χ0) is 9.73. The molecule has 0 saturated carbocycles. The van der Waals surface area contributed by atoms with Crippen LogP contribution in [-0.2, 0) is 4.74 Å². The lowest BCUT2D eigenvalue weighted by molar-refractivity contribution is -0.0635. The molecule has 1 rings (SSSR count). The average Bonchev–Trinajstić information content (AvgIpc) is 2.15. The Morgan fingerprint density at radius 1 is 1.54 bits per heavy atom. The van der Waals surface area contributed by atoms with Gasteiger partial charge in [-0.15, -0.1) is 0 Å². The van der Waals surface area contributed by atoms with Crippen LogP contribution in [0.15, 0.2) is 0 Å². The van der Waals surface area contributed by atoms with Crippen LogP contribution < -0.4 is 5.32 Å². The molecule has 0 amide bonds. The van der Waals surface area contributed by atoms with E-state index in [1.54, 1.807) is 0 Å². The van der Waals surface area contributed by atoms with E-state index < -0.39 is 0 Å². The first-order chi connectivity index (χ1) is 6.22. The number of nitrogens with one attached hydrogen (secondary N) is 1. The molecule has 1 atom stereocenters. The lowest BCUT2D eigenvalue weighted by Crippen LogP contribution is -2.49. The van der Waals surface area contributed by atoms with Crippen LogP contribution in [0.5, 0.6) is 0 Å². The van der Waals surface area contributed by atoms with Crippen molar-refractivity contribution in [1.82, 2.24) is 10.2 Å². The smallest absolute Gasteiger partial charge is 0.0817 e. The minimum Gasteiger partial charge on any atom is -0.377 e. The Balaban J connectivity index is 2.46. The molecule has 0 aromatic carbocycles. The molecule has 78 valence electrons. The van der Waals surface area contributed by atoms with E-state index in [1.807, 2.05) is 14.2 Å². The summed E-state index contributed by atoms with van der Waals surface area (Å²) in [4.78, 5) is 2.36. The number of ether oxygens (including phenoxy) is 1. The summed E-state index contributed by atoms with van der Waals surface area (Å²) in [5.41, 5.74) is 0.107. The molecule has 1 aliphatic rings. The minimum atomic E-state index is 0.107. The van der Waals surface area contributed by atoms with Crippen LogP contribution in [-0.4, -0.2) is 51.3 Å². The molecule has 0 aromatic heterocycles. The second-order valence-electron chi connectivity index (χ2n) is 4.08. The number of nitrogens with zero attached hydrogens (tertiary/aromatic N) is 1. The van der Waals surface area contributed by atoms with Gasteiger partial charge >= 0.3 is 0 Å². The van der Waals surface area contributed by atoms with Gasteiger partial charge in [-0.1, -0.05) is 0 Å². The Morgan fingerprint density at radius 3 is 2.85 bits per heavy atom. The Kier molecular flexibility index (Phi) is 4.16. The van der Waals surface area contributed by atoms with Crippen molar-refractivity contribution in [3.8, 4) is 0 Å². The standard InChI is InChI=1S/C10H22N2O/c1-11-7-6-10(13-3)5-4-8-12(2)9-10/h11H,4-9H2,1-3H3. The molecule has 1 fully saturated rings. The number of methoxy groups -OCH3 is 1. The molecule has 1 N–H and O–H groups in total. The molecular weight excluding hydrogens is 164 g/mol. The summed E-state index contributed by atoms with van der Waals surface area (Å²) < 4.78 is 5.67. The lowest BCUT2D eigenvalue weighted by atomic mass is 9.89. The fourth-order valence-corrected chi connectivity index (χ4v) is 2.15. The van der Waals surface area contributed by atoms with Crippen LogP contribution in [0, 0.1) is 0 Å². The van der Waals surface area contributed by atoms with Gasteiger partial charge in [-0.05, 0) is 46.4 Å². The summed E-state index contributed by atoms with van der Waals surface area (Å²) in [7, 11) is 6.01. The molecule has 0 aromatic rings. The first-order valence-electron chi connectivity index (χ1n) is 5.11. The van der Waals surface area contributed by atoms with Crippen molar-refractivity contribution in [3.63, 3.8) is 0 Å². The summed E-state index contributed by atoms with van der Waals surface area (Å²) in [6, 6.07) is 0. The predicted octanol–water partition coefficient (Wildman–Crippen LogP) is 0.707. The fraction of sp³-hybridized carbons (Fsp3) is 1.00. The van der Waals surface area contributed by atoms with Crippen molar-refractivity contribution in [2.45, 2.75) is 24.9 Å². The van der Waals surface area contributed by atoms with Gasteiger partial charge < -0.3 is 15.0 Å². The topological polar surface area (TPSA) is 24.5 Å². The van der Waals surface area contributed by atoms with Gasteiger partial charge in [0.15, 0.2) is 0 Å². The number of likely N-dealkylation sites (tertiary alicyclic amines) is 1. The molecule has 1 saturated heterocycles. The van der Waals surface area contributed by atoms with Gasteiger partial charge in [0, 0.05) is 13.7 Å². The van der Waals surface area contributed by atoms with Crippen LogP contribution in [0.4, 0.5) is 0 Å². The molecule has 13 heavy (non-hydrogen) atoms. The van der Waals surface area contributed by atoms with Gasteiger partial charge in [0.05, 0.1) is 5.60 Å². The normalized spacial score (nSPS) is 30.7. The Labute approximate surface area is 81.4 Å². The van der Waals surface area contributed by atoms with Crippen molar-refractivity contribution in [1.29, 1.82) is 0 Å². The van der Waals surface area contributed by atoms with Crippen molar-refractivity contribution < 1.29 is 4.74 Å². The van der Waals surface area contributed by atoms with Crippen LogP contribution in [0.25, 0.3) is 0 Å². The van der Waals surface area contributed by atoms with E-state index in [9.17, 15) is 0 Å². The third kappa shape index (κ3) is 2.93. The van der Waals surface area contributed by atoms with Crippen molar-refractivity contribution in [3.05, 3.63) is 0 Å². The largest absolute Gasteiger partial charge is 0.377 e. The maximum absolute atomic E-state index is 5.67. The van der Waals surface area contributed by atoms with Gasteiger partial charge in [0.1, 0.15) is 0 Å². The Bertz CT molecular complexity index is 152. The summed E-state index contributed by atoms with van der Waals surface area (Å²) >= 11 is 0. The molecule has 0 spiro atoms. The van der Waals surface area contributed by atoms with E-state index >= 15 is 0 Å². The van der Waals surface area contributed by atoms with Crippen molar-refractivity contribution in [2.24, 2.45) is 0 Å². The van der Waals surface area contributed by atoms with Crippen LogP contribution in [0.3, 0.4) is 0 Å². The summed E-state index contributed by atoms with van der Waals surface area (Å²) in [6.45, 7) is 3.33. The lowest BCUT2D eigenvalue weighted by Gasteiger charge is -2.40. The molecular formula is C10H22N2O. The summed E-state index contributed by atoms with van der Waals surface area (Å²) in [5.74, 6) is 0. The Morgan fingerprint density at radius 2 is 2.31 bits per heavy atom. The quantitative estimate of drug-likeness (QED) is 0.699. The maximum Gasteiger partial charge on any atom is 0.0817 e. The number of likely N-dealkylation sites (N-methyl/N-ethyl adjacent to an activating group) is 1. The number of hydrogen-bond acceptors (Lipinski definition) is 3. The highest BCUT2D eigenvalue weighted by molar-refractivity contribution is 4.88. The van der Waals surface area contributed by atoms with Gasteiger partial charge in [0.2, 0.25) is 0 Å². The van der Waals surface area contributed by atoms with Crippen LogP contribution in [0.2, 0.25) is 0 Å². The van der Waals surface area contributed by atoms with Crippen molar-refractivity contribution in [2.75, 3.05) is 40.8 Å². The zero-order valence-corrected chi connectivity index (χ0v) is 9.10. The Hall–Kier alpha value is -0.120.